The Kier molecular flexibility index (Phi) is 32.2. The predicted octanol–water partition coefficient (Wildman–Crippen LogP) is 0.961. The van der Waals surface area contributed by atoms with Gasteiger partial charge in [0.1, 0.15) is 23.1 Å². The maximum absolute atomic E-state index is 13.2. The topological polar surface area (TPSA) is 138 Å². The smallest absolute Gasteiger partial charge is 0.512 e. The van der Waals surface area contributed by atoms with Crippen LogP contribution >= 0.6 is 44.3 Å². The first-order valence-corrected chi connectivity index (χ1v) is 8.82. The number of carbonyl (C=O) groups is 1. The van der Waals surface area contributed by atoms with E-state index in [9.17, 15) is 13.6 Å². The Balaban J connectivity index is -0.000000122. The Morgan fingerprint density at radius 3 is 1.81 bits per heavy atom. The van der Waals surface area contributed by atoms with E-state index in [1.165, 1.54) is 32.4 Å². The summed E-state index contributed by atoms with van der Waals surface area (Å²) in [5.74, 6) is 3.12. The van der Waals surface area contributed by atoms with Crippen LogP contribution in [-0.2, 0) is 6.54 Å². The van der Waals surface area contributed by atoms with E-state index in [-0.39, 0.29) is 68.2 Å². The summed E-state index contributed by atoms with van der Waals surface area (Å²) in [6.45, 7) is 4.76. The summed E-state index contributed by atoms with van der Waals surface area (Å²) in [6.07, 6.45) is 0.429. The molecule has 2 rings (SSSR count). The van der Waals surface area contributed by atoms with E-state index in [0.717, 1.165) is 0 Å². The molecule has 15 heteroatoms. The molecule has 0 amide bonds. The summed E-state index contributed by atoms with van der Waals surface area (Å²) in [7, 11) is 2.83. The minimum absolute atomic E-state index is 0. The van der Waals surface area contributed by atoms with Gasteiger partial charge in [0.25, 0.3) is 0 Å². The van der Waals surface area contributed by atoms with Gasteiger partial charge >= 0.3 is 29.6 Å². The van der Waals surface area contributed by atoms with Crippen LogP contribution in [0.3, 0.4) is 0 Å². The van der Waals surface area contributed by atoms with Crippen LogP contribution in [0.15, 0.2) is 33.2 Å². The molecule has 0 aliphatic carbocycles. The molecule has 5 N–H and O–H groups in total. The summed E-state index contributed by atoms with van der Waals surface area (Å²) in [4.78, 5) is 10.4. The maximum atomic E-state index is 13.2. The van der Waals surface area contributed by atoms with Crippen LogP contribution in [0.1, 0.15) is 15.9 Å². The monoisotopic (exact) mass is 610 g/mol. The number of hydrogen-bond donors (Lipinski definition) is 4. The second-order valence-electron chi connectivity index (χ2n) is 4.47. The van der Waals surface area contributed by atoms with Crippen molar-refractivity contribution in [2.75, 3.05) is 14.2 Å². The van der Waals surface area contributed by atoms with Crippen molar-refractivity contribution in [3.8, 4) is 11.5 Å². The fraction of sp³-hybridized carbons (Fsp3) is 0.176. The molecule has 0 saturated heterocycles. The maximum Gasteiger partial charge on any atom is 1.00 e. The summed E-state index contributed by atoms with van der Waals surface area (Å²) in [6, 6.07) is 5.55. The molecule has 0 aliphatic heterocycles. The van der Waals surface area contributed by atoms with Crippen LogP contribution in [0.5, 0.6) is 11.5 Å². The summed E-state index contributed by atoms with van der Waals surface area (Å²) < 4.78 is 37.1. The summed E-state index contributed by atoms with van der Waals surface area (Å²) >= 11 is 6.34. The van der Waals surface area contributed by atoms with E-state index in [4.69, 9.17) is 31.7 Å². The number of hydrogen-bond acceptors (Lipinski definition) is 8. The average molecular weight is 612 g/mol. The first kappa shape index (κ1) is 41.5. The Hall–Kier alpha value is -0.785. The number of ether oxygens (including phenoxy) is 2. The van der Waals surface area contributed by atoms with Crippen molar-refractivity contribution < 1.29 is 63.0 Å². The Labute approximate surface area is 231 Å². The molecule has 0 unspecified atom stereocenters. The van der Waals surface area contributed by atoms with Crippen LogP contribution in [0, 0.1) is 23.5 Å². The van der Waals surface area contributed by atoms with Gasteiger partial charge in [-0.05, 0) is 56.1 Å². The normalized spacial score (nSPS) is 7.97. The zero-order valence-electron chi connectivity index (χ0n) is 17.2. The standard InChI is InChI=1S/C8H9BrFNO2.C8H6BrFO2.CN.B.ClH.H3NO.Na/c1-13-8-5(4-11-12)7(10)3-2-6(8)9;1-12-8-5(4-11)7(10)3-2-6(8)9;1-2;;;1-2;/h2-3,11-12H,4H2,1H3;2-4H,1H3;;;1H;2H,1H2;/q;;-1;;;;+1. The van der Waals surface area contributed by atoms with Crippen molar-refractivity contribution >= 4 is 59.0 Å². The number of nitrogens with one attached hydrogen (secondary N) is 1. The van der Waals surface area contributed by atoms with Crippen molar-refractivity contribution in [3.63, 3.8) is 0 Å². The van der Waals surface area contributed by atoms with E-state index >= 15 is 0 Å². The number of carbonyl (C=O) groups excluding carboxylic acids is 1. The number of methoxy groups -OCH3 is 2. The van der Waals surface area contributed by atoms with Crippen molar-refractivity contribution in [1.82, 2.24) is 5.48 Å². The molecule has 2 aromatic rings. The number of hydroxylamine groups is 1. The number of nitrogens with zero attached hydrogens (tertiary/aromatic N) is 1. The molecule has 2 aromatic carbocycles. The van der Waals surface area contributed by atoms with Crippen molar-refractivity contribution in [1.29, 1.82) is 5.26 Å². The molecule has 0 saturated carbocycles. The molecular weight excluding hydrogens is 593 g/mol. The van der Waals surface area contributed by atoms with Gasteiger partial charge in [0.15, 0.2) is 6.29 Å². The van der Waals surface area contributed by atoms with Gasteiger partial charge in [0.05, 0.1) is 35.3 Å². The third-order valence-electron chi connectivity index (χ3n) is 3.03. The fourth-order valence-electron chi connectivity index (χ4n) is 1.91. The molecule has 171 valence electrons. The van der Waals surface area contributed by atoms with E-state index in [0.29, 0.717) is 26.5 Å². The number of benzene rings is 2. The van der Waals surface area contributed by atoms with Crippen molar-refractivity contribution in [3.05, 3.63) is 62.5 Å². The predicted molar refractivity (Wildman–Crippen MR) is 119 cm³/mol. The Morgan fingerprint density at radius 2 is 1.47 bits per heavy atom. The molecular formula is C17H19BBr2ClF2N3NaO5. The van der Waals surface area contributed by atoms with Crippen LogP contribution in [0.2, 0.25) is 0 Å². The number of nitrogens with two attached hydrogens (primary N) is 1. The molecule has 0 atom stereocenters. The van der Waals surface area contributed by atoms with Gasteiger partial charge in [-0.25, -0.2) is 20.2 Å². The largest absolute Gasteiger partial charge is 1.00 e. The van der Waals surface area contributed by atoms with Crippen molar-refractivity contribution in [2.24, 2.45) is 5.90 Å². The number of halogens is 5. The molecule has 0 aliphatic rings. The Bertz CT molecular complexity index is 815. The third-order valence-corrected chi connectivity index (χ3v) is 4.28. The van der Waals surface area contributed by atoms with Gasteiger partial charge < -0.3 is 31.7 Å². The molecule has 3 radical (unpaired) electrons. The molecule has 0 aromatic heterocycles. The number of rotatable bonds is 5. The minimum Gasteiger partial charge on any atom is -0.512 e. The van der Waals surface area contributed by atoms with Gasteiger partial charge in [-0.2, -0.15) is 0 Å². The molecule has 0 bridgehead atoms. The third kappa shape index (κ3) is 13.1. The second-order valence-corrected chi connectivity index (χ2v) is 6.18. The van der Waals surface area contributed by atoms with E-state index in [2.05, 4.69) is 37.8 Å². The zero-order chi connectivity index (χ0) is 23.0. The molecule has 32 heavy (non-hydrogen) atoms. The SMILES string of the molecule is COc1c(Br)ccc(F)c1C=O.COc1c(Br)ccc(F)c1CNO.Cl.NO.[B].[C-]#N.[Na+]. The zero-order valence-corrected chi connectivity index (χ0v) is 23.2. The quantitative estimate of drug-likeness (QED) is 0.170. The van der Waals surface area contributed by atoms with Crippen LogP contribution < -0.4 is 50.4 Å². The van der Waals surface area contributed by atoms with E-state index in [1.54, 1.807) is 6.07 Å². The molecule has 8 nitrogen and oxygen atoms in total. The Morgan fingerprint density at radius 1 is 1.06 bits per heavy atom. The van der Waals surface area contributed by atoms with E-state index in [1.807, 2.05) is 5.48 Å². The second kappa shape index (κ2) is 24.8. The number of aldehydes is 1. The van der Waals surface area contributed by atoms with Gasteiger partial charge in [-0.3, -0.25) is 4.79 Å². The van der Waals surface area contributed by atoms with Gasteiger partial charge in [0, 0.05) is 14.0 Å². The average Bonchev–Trinajstić information content (AvgIpc) is 2.75. The van der Waals surface area contributed by atoms with Crippen LogP contribution in [0.25, 0.3) is 0 Å². The minimum atomic E-state index is -0.579. The molecule has 0 fully saturated rings. The first-order chi connectivity index (χ1) is 13.9. The van der Waals surface area contributed by atoms with Gasteiger partial charge in [-0.15, -0.1) is 12.4 Å². The van der Waals surface area contributed by atoms with Gasteiger partial charge in [0.2, 0.25) is 0 Å². The van der Waals surface area contributed by atoms with E-state index < -0.39 is 11.6 Å². The molecule has 0 spiro atoms. The first-order valence-electron chi connectivity index (χ1n) is 7.24. The summed E-state index contributed by atoms with van der Waals surface area (Å²) in [5, 5.41) is 21.2. The fourth-order valence-corrected chi connectivity index (χ4v) is 2.95. The van der Waals surface area contributed by atoms with Crippen LogP contribution in [-0.4, -0.2) is 39.3 Å². The molecule has 0 heterocycles. The summed E-state index contributed by atoms with van der Waals surface area (Å²) in [5.41, 5.74) is 2.11. The van der Waals surface area contributed by atoms with Gasteiger partial charge in [-0.1, -0.05) is 0 Å². The van der Waals surface area contributed by atoms with Crippen LogP contribution in [0.4, 0.5) is 8.78 Å². The van der Waals surface area contributed by atoms with Crippen molar-refractivity contribution in [2.45, 2.75) is 6.54 Å².